The number of aliphatic hydroxyl groups excluding tert-OH is 1. The van der Waals surface area contributed by atoms with Gasteiger partial charge in [0.2, 0.25) is 0 Å². The fourth-order valence-corrected chi connectivity index (χ4v) is 3.86. The Hall–Kier alpha value is -0.0800. The van der Waals surface area contributed by atoms with Crippen LogP contribution in [-0.2, 0) is 0 Å². The molecule has 17 heavy (non-hydrogen) atoms. The number of hydrogen-bond acceptors (Lipinski definition) is 2. The molecule has 0 amide bonds. The molecule has 0 aromatic heterocycles. The predicted octanol–water partition coefficient (Wildman–Crippen LogP) is 2.95. The van der Waals surface area contributed by atoms with Gasteiger partial charge in [0, 0.05) is 12.0 Å². The lowest BCUT2D eigenvalue weighted by Crippen LogP contribution is -2.48. The summed E-state index contributed by atoms with van der Waals surface area (Å²) in [4.78, 5) is 0. The van der Waals surface area contributed by atoms with Crippen LogP contribution < -0.4 is 5.32 Å². The summed E-state index contributed by atoms with van der Waals surface area (Å²) in [5.41, 5.74) is 0. The number of hydrogen-bond donors (Lipinski definition) is 2. The van der Waals surface area contributed by atoms with E-state index in [0.717, 1.165) is 24.8 Å². The second-order valence-electron chi connectivity index (χ2n) is 6.39. The van der Waals surface area contributed by atoms with Gasteiger partial charge in [-0.3, -0.25) is 0 Å². The molecule has 100 valence electrons. The Kier molecular flexibility index (Phi) is 4.87. The van der Waals surface area contributed by atoms with Crippen LogP contribution in [0, 0.1) is 17.8 Å². The highest BCUT2D eigenvalue weighted by atomic mass is 16.3. The van der Waals surface area contributed by atoms with Crippen LogP contribution in [0.1, 0.15) is 58.8 Å². The van der Waals surface area contributed by atoms with Crippen molar-refractivity contribution < 1.29 is 5.11 Å². The summed E-state index contributed by atoms with van der Waals surface area (Å²) in [6, 6.07) is 0.577. The van der Waals surface area contributed by atoms with E-state index in [-0.39, 0.29) is 6.10 Å². The lowest BCUT2D eigenvalue weighted by atomic mass is 9.72. The average molecular weight is 239 g/mol. The largest absolute Gasteiger partial charge is 0.393 e. The number of piperidine rings is 1. The summed E-state index contributed by atoms with van der Waals surface area (Å²) < 4.78 is 0. The number of rotatable bonds is 3. The van der Waals surface area contributed by atoms with Crippen LogP contribution in [0.15, 0.2) is 0 Å². The molecule has 2 N–H and O–H groups in total. The van der Waals surface area contributed by atoms with Gasteiger partial charge in [-0.05, 0) is 50.5 Å². The maximum Gasteiger partial charge on any atom is 0.0583 e. The van der Waals surface area contributed by atoms with Crippen LogP contribution in [-0.4, -0.2) is 23.8 Å². The van der Waals surface area contributed by atoms with Crippen molar-refractivity contribution in [2.75, 3.05) is 6.54 Å². The molecule has 1 saturated heterocycles. The fraction of sp³-hybridized carbons (Fsp3) is 1.00. The van der Waals surface area contributed by atoms with Crippen molar-refractivity contribution in [3.05, 3.63) is 0 Å². The zero-order valence-electron chi connectivity index (χ0n) is 11.5. The minimum Gasteiger partial charge on any atom is -0.393 e. The third-order valence-electron chi connectivity index (χ3n) is 4.88. The van der Waals surface area contributed by atoms with Gasteiger partial charge < -0.3 is 10.4 Å². The fourth-order valence-electron chi connectivity index (χ4n) is 3.86. The van der Waals surface area contributed by atoms with E-state index in [0.29, 0.717) is 12.0 Å². The van der Waals surface area contributed by atoms with E-state index in [1.165, 1.54) is 38.5 Å². The SMILES string of the molecule is CCCC1CCC(O)C(C2CC(C)CCN2)C1. The van der Waals surface area contributed by atoms with Crippen molar-refractivity contribution >= 4 is 0 Å². The smallest absolute Gasteiger partial charge is 0.0583 e. The summed E-state index contributed by atoms with van der Waals surface area (Å²) in [7, 11) is 0. The van der Waals surface area contributed by atoms with Crippen molar-refractivity contribution in [1.82, 2.24) is 5.32 Å². The van der Waals surface area contributed by atoms with Gasteiger partial charge in [-0.1, -0.05) is 26.7 Å². The molecule has 2 heteroatoms. The van der Waals surface area contributed by atoms with E-state index in [1.807, 2.05) is 0 Å². The summed E-state index contributed by atoms with van der Waals surface area (Å²) in [6.07, 6.45) is 8.69. The van der Waals surface area contributed by atoms with Crippen LogP contribution in [0.3, 0.4) is 0 Å². The Balaban J connectivity index is 1.92. The third kappa shape index (κ3) is 3.45. The molecule has 0 aromatic carbocycles. The normalized spacial score (nSPS) is 43.6. The van der Waals surface area contributed by atoms with Gasteiger partial charge in [-0.2, -0.15) is 0 Å². The van der Waals surface area contributed by atoms with E-state index in [9.17, 15) is 5.11 Å². The van der Waals surface area contributed by atoms with E-state index >= 15 is 0 Å². The molecule has 1 heterocycles. The van der Waals surface area contributed by atoms with Gasteiger partial charge in [-0.25, -0.2) is 0 Å². The van der Waals surface area contributed by atoms with Crippen LogP contribution in [0.5, 0.6) is 0 Å². The Labute approximate surface area is 106 Å². The molecule has 5 unspecified atom stereocenters. The monoisotopic (exact) mass is 239 g/mol. The van der Waals surface area contributed by atoms with Gasteiger partial charge in [0.1, 0.15) is 0 Å². The minimum absolute atomic E-state index is 0.0501. The van der Waals surface area contributed by atoms with E-state index in [2.05, 4.69) is 19.2 Å². The molecule has 0 radical (unpaired) electrons. The van der Waals surface area contributed by atoms with Crippen molar-refractivity contribution in [3.8, 4) is 0 Å². The molecule has 0 aromatic rings. The van der Waals surface area contributed by atoms with Crippen LogP contribution in [0.2, 0.25) is 0 Å². The van der Waals surface area contributed by atoms with Crippen LogP contribution >= 0.6 is 0 Å². The first-order valence-corrected chi connectivity index (χ1v) is 7.62. The van der Waals surface area contributed by atoms with Gasteiger partial charge in [-0.15, -0.1) is 0 Å². The summed E-state index contributed by atoms with van der Waals surface area (Å²) >= 11 is 0. The molecule has 2 fully saturated rings. The van der Waals surface area contributed by atoms with Crippen molar-refractivity contribution in [2.24, 2.45) is 17.8 Å². The van der Waals surface area contributed by atoms with Crippen molar-refractivity contribution in [3.63, 3.8) is 0 Å². The molecule has 1 saturated carbocycles. The summed E-state index contributed by atoms with van der Waals surface area (Å²) in [5.74, 6) is 2.22. The number of aliphatic hydroxyl groups is 1. The van der Waals surface area contributed by atoms with E-state index in [4.69, 9.17) is 0 Å². The Morgan fingerprint density at radius 2 is 2.00 bits per heavy atom. The number of nitrogens with one attached hydrogen (secondary N) is 1. The molecule has 1 aliphatic carbocycles. The third-order valence-corrected chi connectivity index (χ3v) is 4.88. The highest BCUT2D eigenvalue weighted by Gasteiger charge is 2.35. The van der Waals surface area contributed by atoms with Crippen molar-refractivity contribution in [1.29, 1.82) is 0 Å². The summed E-state index contributed by atoms with van der Waals surface area (Å²) in [5, 5.41) is 13.9. The highest BCUT2D eigenvalue weighted by Crippen LogP contribution is 2.36. The second kappa shape index (κ2) is 6.19. The molecule has 0 spiro atoms. The van der Waals surface area contributed by atoms with Gasteiger partial charge >= 0.3 is 0 Å². The second-order valence-corrected chi connectivity index (χ2v) is 6.39. The zero-order chi connectivity index (χ0) is 12.3. The first kappa shape index (κ1) is 13.4. The van der Waals surface area contributed by atoms with Gasteiger partial charge in [0.05, 0.1) is 6.10 Å². The maximum absolute atomic E-state index is 10.3. The molecule has 2 nitrogen and oxygen atoms in total. The molecule has 0 bridgehead atoms. The minimum atomic E-state index is -0.0501. The zero-order valence-corrected chi connectivity index (χ0v) is 11.5. The Morgan fingerprint density at radius 3 is 2.71 bits per heavy atom. The molecular weight excluding hydrogens is 210 g/mol. The van der Waals surface area contributed by atoms with Crippen LogP contribution in [0.4, 0.5) is 0 Å². The molecule has 1 aliphatic heterocycles. The quantitative estimate of drug-likeness (QED) is 0.793. The topological polar surface area (TPSA) is 32.3 Å². The first-order chi connectivity index (χ1) is 8.20. The van der Waals surface area contributed by atoms with E-state index < -0.39 is 0 Å². The Bertz CT molecular complexity index is 231. The van der Waals surface area contributed by atoms with E-state index in [1.54, 1.807) is 0 Å². The molecule has 2 aliphatic rings. The molecule has 5 atom stereocenters. The van der Waals surface area contributed by atoms with Gasteiger partial charge in [0.25, 0.3) is 0 Å². The molecular formula is C15H29NO. The highest BCUT2D eigenvalue weighted by molar-refractivity contribution is 4.90. The van der Waals surface area contributed by atoms with Crippen molar-refractivity contribution in [2.45, 2.75) is 70.9 Å². The predicted molar refractivity (Wildman–Crippen MR) is 71.9 cm³/mol. The lowest BCUT2D eigenvalue weighted by molar-refractivity contribution is 0.0166. The summed E-state index contributed by atoms with van der Waals surface area (Å²) in [6.45, 7) is 5.78. The maximum atomic E-state index is 10.3. The Morgan fingerprint density at radius 1 is 1.18 bits per heavy atom. The first-order valence-electron chi connectivity index (χ1n) is 7.62. The van der Waals surface area contributed by atoms with Crippen LogP contribution in [0.25, 0.3) is 0 Å². The average Bonchev–Trinajstić information content (AvgIpc) is 2.32. The van der Waals surface area contributed by atoms with Gasteiger partial charge in [0.15, 0.2) is 0 Å². The standard InChI is InChI=1S/C15H29NO/c1-3-4-12-5-6-15(17)13(10-12)14-9-11(2)7-8-16-14/h11-17H,3-10H2,1-2H3. The lowest BCUT2D eigenvalue weighted by Gasteiger charge is -2.41. The molecule has 2 rings (SSSR count).